The van der Waals surface area contributed by atoms with Crippen LogP contribution < -0.4 is 10.9 Å². The van der Waals surface area contributed by atoms with Gasteiger partial charge in [0.15, 0.2) is 0 Å². The van der Waals surface area contributed by atoms with Crippen molar-refractivity contribution >= 4 is 52.2 Å². The van der Waals surface area contributed by atoms with E-state index >= 15 is 0 Å². The molecule has 26 heavy (non-hydrogen) atoms. The third kappa shape index (κ3) is 4.58. The lowest BCUT2D eigenvalue weighted by atomic mass is 10.3. The Kier molecular flexibility index (Phi) is 5.86. The number of hydrogen-bond acceptors (Lipinski definition) is 4. The quantitative estimate of drug-likeness (QED) is 0.688. The number of nitrogens with one attached hydrogen (secondary N) is 1. The molecule has 0 aliphatic carbocycles. The number of halogens is 2. The zero-order chi connectivity index (χ0) is 18.7. The highest BCUT2D eigenvalue weighted by Crippen LogP contribution is 2.25. The van der Waals surface area contributed by atoms with Crippen molar-refractivity contribution in [3.63, 3.8) is 0 Å². The zero-order valence-electron chi connectivity index (χ0n) is 13.8. The molecular weight excluding hydrogens is 393 g/mol. The van der Waals surface area contributed by atoms with Crippen molar-refractivity contribution in [2.24, 2.45) is 0 Å². The number of pyridine rings is 1. The number of anilines is 1. The van der Waals surface area contributed by atoms with E-state index < -0.39 is 0 Å². The van der Waals surface area contributed by atoms with Crippen LogP contribution in [0.4, 0.5) is 5.69 Å². The summed E-state index contributed by atoms with van der Waals surface area (Å²) >= 11 is 13.2. The van der Waals surface area contributed by atoms with Crippen molar-refractivity contribution in [2.45, 2.75) is 12.7 Å². The first-order valence-electron chi connectivity index (χ1n) is 7.74. The first-order valence-corrected chi connectivity index (χ1v) is 9.65. The summed E-state index contributed by atoms with van der Waals surface area (Å²) in [5, 5.41) is 3.62. The van der Waals surface area contributed by atoms with E-state index in [4.69, 9.17) is 23.2 Å². The van der Waals surface area contributed by atoms with Crippen LogP contribution in [0.5, 0.6) is 0 Å². The smallest absolute Gasteiger partial charge is 0.258 e. The molecule has 1 N–H and O–H groups in total. The summed E-state index contributed by atoms with van der Waals surface area (Å²) < 4.78 is 1.51. The van der Waals surface area contributed by atoms with Crippen molar-refractivity contribution in [3.05, 3.63) is 74.3 Å². The van der Waals surface area contributed by atoms with Gasteiger partial charge in [-0.2, -0.15) is 0 Å². The van der Waals surface area contributed by atoms with Crippen LogP contribution in [0.1, 0.15) is 11.3 Å². The molecule has 0 radical (unpaired) electrons. The maximum atomic E-state index is 12.2. The standard InChI is InChI=1S/C18H15Cl2N3O2S/c1-11-2-5-16-21-13(7-18(25)23(16)8-11)9-26-10-17(24)22-15-4-3-12(19)6-14(15)20/h2-8H,9-10H2,1H3,(H,22,24). The molecule has 0 aliphatic rings. The van der Waals surface area contributed by atoms with Gasteiger partial charge in [-0.25, -0.2) is 4.98 Å². The predicted octanol–water partition coefficient (Wildman–Crippen LogP) is 4.18. The van der Waals surface area contributed by atoms with Crippen LogP contribution in [0.15, 0.2) is 47.4 Å². The fourth-order valence-electron chi connectivity index (χ4n) is 2.36. The van der Waals surface area contributed by atoms with E-state index in [0.29, 0.717) is 32.8 Å². The van der Waals surface area contributed by atoms with Gasteiger partial charge in [0.2, 0.25) is 5.91 Å². The van der Waals surface area contributed by atoms with Gasteiger partial charge in [-0.05, 0) is 36.8 Å². The summed E-state index contributed by atoms with van der Waals surface area (Å²) in [6.45, 7) is 1.92. The van der Waals surface area contributed by atoms with Gasteiger partial charge in [-0.1, -0.05) is 29.3 Å². The Hall–Kier alpha value is -2.02. The molecule has 0 saturated carbocycles. The third-order valence-electron chi connectivity index (χ3n) is 3.55. The Bertz CT molecular complexity index is 1040. The molecule has 5 nitrogen and oxygen atoms in total. The molecule has 0 saturated heterocycles. The Morgan fingerprint density at radius 1 is 1.23 bits per heavy atom. The van der Waals surface area contributed by atoms with Crippen molar-refractivity contribution in [2.75, 3.05) is 11.1 Å². The number of aryl methyl sites for hydroxylation is 1. The lowest BCUT2D eigenvalue weighted by Gasteiger charge is -2.08. The lowest BCUT2D eigenvalue weighted by Crippen LogP contribution is -2.16. The maximum absolute atomic E-state index is 12.2. The highest BCUT2D eigenvalue weighted by Gasteiger charge is 2.08. The maximum Gasteiger partial charge on any atom is 0.258 e. The van der Waals surface area contributed by atoms with E-state index in [1.165, 1.54) is 22.2 Å². The lowest BCUT2D eigenvalue weighted by molar-refractivity contribution is -0.113. The van der Waals surface area contributed by atoms with Crippen molar-refractivity contribution in [1.29, 1.82) is 0 Å². The number of hydrogen-bond donors (Lipinski definition) is 1. The van der Waals surface area contributed by atoms with E-state index in [1.54, 1.807) is 30.5 Å². The second-order valence-electron chi connectivity index (χ2n) is 5.69. The molecule has 2 heterocycles. The molecule has 1 amide bonds. The summed E-state index contributed by atoms with van der Waals surface area (Å²) in [5.41, 5.74) is 2.60. The minimum Gasteiger partial charge on any atom is -0.324 e. The van der Waals surface area contributed by atoms with Crippen LogP contribution >= 0.6 is 35.0 Å². The van der Waals surface area contributed by atoms with Crippen molar-refractivity contribution in [1.82, 2.24) is 9.38 Å². The third-order valence-corrected chi connectivity index (χ3v) is 5.06. The summed E-state index contributed by atoms with van der Waals surface area (Å²) in [6, 6.07) is 10.1. The Labute approximate surface area is 164 Å². The van der Waals surface area contributed by atoms with Crippen LogP contribution in [0.25, 0.3) is 5.65 Å². The average molecular weight is 408 g/mol. The monoisotopic (exact) mass is 407 g/mol. The van der Waals surface area contributed by atoms with E-state index in [9.17, 15) is 9.59 Å². The van der Waals surface area contributed by atoms with Crippen LogP contribution in [-0.4, -0.2) is 21.0 Å². The normalized spacial score (nSPS) is 10.9. The minimum absolute atomic E-state index is 0.133. The summed E-state index contributed by atoms with van der Waals surface area (Å²) in [4.78, 5) is 28.7. The largest absolute Gasteiger partial charge is 0.324 e. The number of thioether (sulfide) groups is 1. The summed E-state index contributed by atoms with van der Waals surface area (Å²) in [7, 11) is 0. The van der Waals surface area contributed by atoms with Gasteiger partial charge in [0.25, 0.3) is 5.56 Å². The van der Waals surface area contributed by atoms with Crippen molar-refractivity contribution < 1.29 is 4.79 Å². The zero-order valence-corrected chi connectivity index (χ0v) is 16.2. The van der Waals surface area contributed by atoms with Gasteiger partial charge < -0.3 is 5.32 Å². The molecule has 0 unspecified atom stereocenters. The Morgan fingerprint density at radius 2 is 2.04 bits per heavy atom. The van der Waals surface area contributed by atoms with E-state index in [0.717, 1.165) is 5.56 Å². The molecule has 0 atom stereocenters. The van der Waals surface area contributed by atoms with Gasteiger partial charge in [-0.15, -0.1) is 11.8 Å². The Balaban J connectivity index is 1.61. The second-order valence-corrected chi connectivity index (χ2v) is 7.51. The average Bonchev–Trinajstić information content (AvgIpc) is 2.58. The van der Waals surface area contributed by atoms with E-state index in [-0.39, 0.29) is 17.2 Å². The minimum atomic E-state index is -0.188. The predicted molar refractivity (Wildman–Crippen MR) is 107 cm³/mol. The number of fused-ring (bicyclic) bond motifs is 1. The van der Waals surface area contributed by atoms with Crippen LogP contribution in [0.3, 0.4) is 0 Å². The molecule has 2 aromatic heterocycles. The van der Waals surface area contributed by atoms with Crippen LogP contribution in [-0.2, 0) is 10.5 Å². The van der Waals surface area contributed by atoms with Gasteiger partial charge in [-0.3, -0.25) is 14.0 Å². The molecule has 8 heteroatoms. The number of benzene rings is 1. The number of amides is 1. The number of carbonyl (C=O) groups excluding carboxylic acids is 1. The van der Waals surface area contributed by atoms with E-state index in [1.807, 2.05) is 13.0 Å². The van der Waals surface area contributed by atoms with Gasteiger partial charge in [0.1, 0.15) is 5.65 Å². The van der Waals surface area contributed by atoms with Gasteiger partial charge in [0.05, 0.1) is 22.2 Å². The Morgan fingerprint density at radius 3 is 2.81 bits per heavy atom. The number of rotatable bonds is 5. The van der Waals surface area contributed by atoms with Crippen molar-refractivity contribution in [3.8, 4) is 0 Å². The summed E-state index contributed by atoms with van der Waals surface area (Å²) in [6.07, 6.45) is 1.75. The molecule has 0 spiro atoms. The molecule has 134 valence electrons. The van der Waals surface area contributed by atoms with Crippen LogP contribution in [0, 0.1) is 6.92 Å². The number of aromatic nitrogens is 2. The first kappa shape index (κ1) is 18.8. The summed E-state index contributed by atoms with van der Waals surface area (Å²) in [5.74, 6) is 0.488. The molecule has 3 aromatic rings. The molecule has 0 fully saturated rings. The SMILES string of the molecule is Cc1ccc2nc(CSCC(=O)Nc3ccc(Cl)cc3Cl)cc(=O)n2c1. The molecule has 3 rings (SSSR count). The first-order chi connectivity index (χ1) is 12.4. The fraction of sp³-hybridized carbons (Fsp3) is 0.167. The van der Waals surface area contributed by atoms with E-state index in [2.05, 4.69) is 10.3 Å². The van der Waals surface area contributed by atoms with Gasteiger partial charge >= 0.3 is 0 Å². The molecule has 1 aromatic carbocycles. The molecule has 0 aliphatic heterocycles. The fourth-order valence-corrected chi connectivity index (χ4v) is 3.53. The van der Waals surface area contributed by atoms with Crippen LogP contribution in [0.2, 0.25) is 10.0 Å². The number of nitrogens with zero attached hydrogens (tertiary/aromatic N) is 2. The number of carbonyl (C=O) groups is 1. The highest BCUT2D eigenvalue weighted by atomic mass is 35.5. The second kappa shape index (κ2) is 8.12. The molecule has 0 bridgehead atoms. The molecular formula is C18H15Cl2N3O2S. The highest BCUT2D eigenvalue weighted by molar-refractivity contribution is 7.99. The van der Waals surface area contributed by atoms with Gasteiger partial charge in [0, 0.05) is 23.0 Å². The topological polar surface area (TPSA) is 63.5 Å².